The Hall–Kier alpha value is -1.75. The normalized spacial score (nSPS) is 19.4. The Bertz CT molecular complexity index is 697. The topological polar surface area (TPSA) is 29.1 Å². The van der Waals surface area contributed by atoms with Crippen molar-refractivity contribution in [2.45, 2.75) is 18.8 Å². The van der Waals surface area contributed by atoms with Gasteiger partial charge in [0.15, 0.2) is 0 Å². The monoisotopic (exact) mass is 379 g/mol. The van der Waals surface area contributed by atoms with E-state index in [1.54, 1.807) is 0 Å². The summed E-state index contributed by atoms with van der Waals surface area (Å²) >= 11 is 3.39. The number of amides is 1. The van der Waals surface area contributed by atoms with Crippen LogP contribution < -0.4 is 5.32 Å². The largest absolute Gasteiger partial charge is 0.356 e. The summed E-state index contributed by atoms with van der Waals surface area (Å²) in [5, 5.41) is 2.78. The van der Waals surface area contributed by atoms with E-state index in [1.807, 2.05) is 24.3 Å². The van der Waals surface area contributed by atoms with Gasteiger partial charge < -0.3 is 5.32 Å². The van der Waals surface area contributed by atoms with Crippen LogP contribution >= 0.6 is 15.9 Å². The first-order chi connectivity index (χ1) is 11.1. The molecule has 2 aromatic rings. The lowest BCUT2D eigenvalue weighted by molar-refractivity contribution is -0.122. The minimum atomic E-state index is -0.571. The molecule has 1 aliphatic rings. The van der Waals surface area contributed by atoms with Gasteiger partial charge in [0.05, 0.1) is 0 Å². The molecule has 2 aromatic carbocycles. The lowest BCUT2D eigenvalue weighted by Gasteiger charge is -2.07. The molecule has 0 aromatic heterocycles. The highest BCUT2D eigenvalue weighted by molar-refractivity contribution is 9.10. The maximum absolute atomic E-state index is 13.5. The Labute approximate surface area is 142 Å². The molecule has 1 amide bonds. The third-order valence-electron chi connectivity index (χ3n) is 4.16. The van der Waals surface area contributed by atoms with Gasteiger partial charge in [-0.2, -0.15) is 0 Å². The molecule has 120 valence electrons. The zero-order valence-electron chi connectivity index (χ0n) is 12.4. The second-order valence-corrected chi connectivity index (χ2v) is 6.66. The first-order valence-corrected chi connectivity index (χ1v) is 8.31. The fourth-order valence-electron chi connectivity index (χ4n) is 2.78. The van der Waals surface area contributed by atoms with Gasteiger partial charge >= 0.3 is 0 Å². The highest BCUT2D eigenvalue weighted by Crippen LogP contribution is 2.47. The molecule has 0 bridgehead atoms. The maximum Gasteiger partial charge on any atom is 0.223 e. The summed E-state index contributed by atoms with van der Waals surface area (Å²) in [5.41, 5.74) is 1.17. The van der Waals surface area contributed by atoms with Gasteiger partial charge in [-0.25, -0.2) is 8.78 Å². The third kappa shape index (κ3) is 3.78. The number of halogens is 3. The molecule has 3 rings (SSSR count). The summed E-state index contributed by atoms with van der Waals surface area (Å²) in [7, 11) is 0. The molecule has 0 radical (unpaired) electrons. The second-order valence-electron chi connectivity index (χ2n) is 5.74. The summed E-state index contributed by atoms with van der Waals surface area (Å²) in [4.78, 5) is 12.1. The van der Waals surface area contributed by atoms with Gasteiger partial charge in [-0.15, -0.1) is 0 Å². The zero-order chi connectivity index (χ0) is 16.4. The summed E-state index contributed by atoms with van der Waals surface area (Å²) < 4.78 is 28.0. The zero-order valence-corrected chi connectivity index (χ0v) is 13.9. The Balaban J connectivity index is 1.50. The van der Waals surface area contributed by atoms with Crippen molar-refractivity contribution in [1.82, 2.24) is 5.32 Å². The molecular weight excluding hydrogens is 364 g/mol. The second kappa shape index (κ2) is 6.79. The van der Waals surface area contributed by atoms with Crippen molar-refractivity contribution >= 4 is 21.8 Å². The third-order valence-corrected chi connectivity index (χ3v) is 4.69. The number of carbonyl (C=O) groups excluding carboxylic acids is 1. The van der Waals surface area contributed by atoms with E-state index in [0.29, 0.717) is 0 Å². The fraction of sp³-hybridized carbons (Fsp3) is 0.278. The average molecular weight is 380 g/mol. The van der Waals surface area contributed by atoms with Crippen molar-refractivity contribution in [1.29, 1.82) is 0 Å². The van der Waals surface area contributed by atoms with Gasteiger partial charge in [-0.1, -0.05) is 34.1 Å². The fourth-order valence-corrected chi connectivity index (χ4v) is 3.04. The molecule has 23 heavy (non-hydrogen) atoms. The van der Waals surface area contributed by atoms with E-state index in [9.17, 15) is 13.6 Å². The Kier molecular flexibility index (Phi) is 4.76. The number of nitrogens with one attached hydrogen (secondary N) is 1. The Morgan fingerprint density at radius 3 is 2.43 bits per heavy atom. The number of carbonyl (C=O) groups is 1. The van der Waals surface area contributed by atoms with Crippen LogP contribution in [0.25, 0.3) is 0 Å². The van der Waals surface area contributed by atoms with Crippen LogP contribution in [0.15, 0.2) is 46.9 Å². The first-order valence-electron chi connectivity index (χ1n) is 7.52. The van der Waals surface area contributed by atoms with Crippen molar-refractivity contribution in [3.63, 3.8) is 0 Å². The van der Waals surface area contributed by atoms with Gasteiger partial charge in [0.25, 0.3) is 0 Å². The summed E-state index contributed by atoms with van der Waals surface area (Å²) in [6.45, 7) is 0.236. The number of hydrogen-bond donors (Lipinski definition) is 1. The SMILES string of the molecule is O=C(NCCc1c(F)cccc1F)C1CC1c1ccc(Br)cc1. The highest BCUT2D eigenvalue weighted by atomic mass is 79.9. The molecule has 2 nitrogen and oxygen atoms in total. The van der Waals surface area contributed by atoms with Crippen LogP contribution in [0.5, 0.6) is 0 Å². The predicted molar refractivity (Wildman–Crippen MR) is 88.1 cm³/mol. The van der Waals surface area contributed by atoms with Crippen molar-refractivity contribution in [3.8, 4) is 0 Å². The maximum atomic E-state index is 13.5. The molecule has 0 spiro atoms. The van der Waals surface area contributed by atoms with E-state index in [2.05, 4.69) is 21.2 Å². The molecule has 2 atom stereocenters. The van der Waals surface area contributed by atoms with E-state index < -0.39 is 11.6 Å². The van der Waals surface area contributed by atoms with Gasteiger partial charge in [-0.3, -0.25) is 4.79 Å². The van der Waals surface area contributed by atoms with Gasteiger partial charge in [0.1, 0.15) is 11.6 Å². The average Bonchev–Trinajstić information content (AvgIpc) is 3.31. The Morgan fingerprint density at radius 1 is 1.13 bits per heavy atom. The molecule has 0 aliphatic heterocycles. The molecule has 2 unspecified atom stereocenters. The molecule has 1 saturated carbocycles. The number of rotatable bonds is 5. The van der Waals surface area contributed by atoms with Crippen LogP contribution in [0.2, 0.25) is 0 Å². The standard InChI is InChI=1S/C18H16BrF2NO/c19-12-6-4-11(5-7-12)14-10-15(14)18(23)22-9-8-13-16(20)2-1-3-17(13)21/h1-7,14-15H,8-10H2,(H,22,23). The molecule has 0 saturated heterocycles. The molecule has 5 heteroatoms. The lowest BCUT2D eigenvalue weighted by Crippen LogP contribution is -2.28. The van der Waals surface area contributed by atoms with Gasteiger partial charge in [0.2, 0.25) is 5.91 Å². The van der Waals surface area contributed by atoms with E-state index in [-0.39, 0.29) is 36.3 Å². The van der Waals surface area contributed by atoms with Crippen LogP contribution in [0.3, 0.4) is 0 Å². The summed E-state index contributed by atoms with van der Waals surface area (Å²) in [6.07, 6.45) is 0.974. The first kappa shape index (κ1) is 16.1. The van der Waals surface area contributed by atoms with Crippen LogP contribution in [0.4, 0.5) is 8.78 Å². The van der Waals surface area contributed by atoms with Crippen LogP contribution in [-0.4, -0.2) is 12.5 Å². The number of benzene rings is 2. The summed E-state index contributed by atoms with van der Waals surface area (Å²) in [5.74, 6) is -0.985. The van der Waals surface area contributed by atoms with Crippen molar-refractivity contribution in [2.24, 2.45) is 5.92 Å². The van der Waals surface area contributed by atoms with Crippen molar-refractivity contribution < 1.29 is 13.6 Å². The van der Waals surface area contributed by atoms with Crippen molar-refractivity contribution in [2.75, 3.05) is 6.54 Å². The molecular formula is C18H16BrF2NO. The van der Waals surface area contributed by atoms with E-state index in [1.165, 1.54) is 18.2 Å². The molecule has 0 heterocycles. The van der Waals surface area contributed by atoms with E-state index >= 15 is 0 Å². The molecule has 1 fully saturated rings. The Morgan fingerprint density at radius 2 is 1.78 bits per heavy atom. The van der Waals surface area contributed by atoms with E-state index in [0.717, 1.165) is 16.5 Å². The van der Waals surface area contributed by atoms with Crippen LogP contribution in [0, 0.1) is 17.6 Å². The quantitative estimate of drug-likeness (QED) is 0.828. The van der Waals surface area contributed by atoms with Crippen molar-refractivity contribution in [3.05, 3.63) is 69.7 Å². The lowest BCUT2D eigenvalue weighted by atomic mass is 10.1. The van der Waals surface area contributed by atoms with Gasteiger partial charge in [0, 0.05) is 22.5 Å². The summed E-state index contributed by atoms with van der Waals surface area (Å²) in [6, 6.07) is 11.7. The predicted octanol–water partition coefficient (Wildman–Crippen LogP) is 4.19. The minimum Gasteiger partial charge on any atom is -0.356 e. The van der Waals surface area contributed by atoms with Crippen LogP contribution in [0.1, 0.15) is 23.5 Å². The smallest absolute Gasteiger partial charge is 0.223 e. The van der Waals surface area contributed by atoms with E-state index in [4.69, 9.17) is 0 Å². The number of hydrogen-bond acceptors (Lipinski definition) is 1. The highest BCUT2D eigenvalue weighted by Gasteiger charge is 2.43. The molecule has 1 N–H and O–H groups in total. The molecule has 1 aliphatic carbocycles. The minimum absolute atomic E-state index is 0.0213. The van der Waals surface area contributed by atoms with Crippen LogP contribution in [-0.2, 0) is 11.2 Å². The van der Waals surface area contributed by atoms with Gasteiger partial charge in [-0.05, 0) is 48.6 Å².